The molecule has 2 nitrogen and oxygen atoms in total. The minimum absolute atomic E-state index is 0.110. The Labute approximate surface area is 117 Å². The molecule has 19 heavy (non-hydrogen) atoms. The van der Waals surface area contributed by atoms with E-state index < -0.39 is 0 Å². The number of carbonyl (C=O) groups is 1. The Morgan fingerprint density at radius 2 is 1.84 bits per heavy atom. The first-order valence-corrected chi connectivity index (χ1v) is 7.93. The van der Waals surface area contributed by atoms with Crippen molar-refractivity contribution >= 4 is 5.97 Å². The summed E-state index contributed by atoms with van der Waals surface area (Å²) in [6.07, 6.45) is 5.21. The average Bonchev–Trinajstić information content (AvgIpc) is 2.82. The van der Waals surface area contributed by atoms with Crippen molar-refractivity contribution in [1.82, 2.24) is 0 Å². The summed E-state index contributed by atoms with van der Waals surface area (Å²) in [5.41, 5.74) is 1.06. The van der Waals surface area contributed by atoms with Gasteiger partial charge in [0.1, 0.15) is 6.10 Å². The highest BCUT2D eigenvalue weighted by Gasteiger charge is 2.65. The summed E-state index contributed by atoms with van der Waals surface area (Å²) < 4.78 is 5.56. The van der Waals surface area contributed by atoms with E-state index in [0.717, 1.165) is 24.2 Å². The lowest BCUT2D eigenvalue weighted by atomic mass is 9.56. The normalized spacial score (nSPS) is 50.9. The van der Waals surface area contributed by atoms with Gasteiger partial charge in [0.05, 0.1) is 0 Å². The van der Waals surface area contributed by atoms with Gasteiger partial charge in [0, 0.05) is 6.92 Å². The summed E-state index contributed by atoms with van der Waals surface area (Å²) >= 11 is 0. The molecule has 3 rings (SSSR count). The fourth-order valence-electron chi connectivity index (χ4n) is 5.45. The molecule has 0 aromatic rings. The molecule has 0 amide bonds. The molecular formula is C17H28O2. The number of ether oxygens (including phenoxy) is 1. The Hall–Kier alpha value is -0.530. The Morgan fingerprint density at radius 3 is 2.47 bits per heavy atom. The lowest BCUT2D eigenvalue weighted by Crippen LogP contribution is -2.46. The molecule has 0 spiro atoms. The third-order valence-corrected chi connectivity index (χ3v) is 6.92. The van der Waals surface area contributed by atoms with Gasteiger partial charge in [0.25, 0.3) is 0 Å². The molecule has 2 heteroatoms. The summed E-state index contributed by atoms with van der Waals surface area (Å²) in [5, 5.41) is 0. The molecule has 3 aliphatic carbocycles. The van der Waals surface area contributed by atoms with Gasteiger partial charge < -0.3 is 4.74 Å². The van der Waals surface area contributed by atoms with Gasteiger partial charge in [0.2, 0.25) is 0 Å². The topological polar surface area (TPSA) is 26.3 Å². The minimum atomic E-state index is -0.110. The molecule has 0 aromatic heterocycles. The second kappa shape index (κ2) is 3.99. The van der Waals surface area contributed by atoms with Crippen LogP contribution in [-0.4, -0.2) is 12.1 Å². The number of carbonyl (C=O) groups excluding carboxylic acids is 1. The van der Waals surface area contributed by atoms with E-state index in [1.807, 2.05) is 0 Å². The third kappa shape index (κ3) is 1.94. The van der Waals surface area contributed by atoms with E-state index >= 15 is 0 Å². The molecule has 0 bridgehead atoms. The molecule has 0 unspecified atom stereocenters. The lowest BCUT2D eigenvalue weighted by Gasteiger charge is -2.50. The highest BCUT2D eigenvalue weighted by molar-refractivity contribution is 5.66. The number of esters is 1. The van der Waals surface area contributed by atoms with Crippen LogP contribution in [0.1, 0.15) is 60.3 Å². The predicted molar refractivity (Wildman–Crippen MR) is 75.5 cm³/mol. The Morgan fingerprint density at radius 1 is 1.16 bits per heavy atom. The first-order chi connectivity index (χ1) is 8.75. The zero-order chi connectivity index (χ0) is 14.0. The van der Waals surface area contributed by atoms with Crippen molar-refractivity contribution in [3.8, 4) is 0 Å². The predicted octanol–water partition coefficient (Wildman–Crippen LogP) is 4.04. The van der Waals surface area contributed by atoms with Crippen LogP contribution >= 0.6 is 0 Å². The molecule has 3 fully saturated rings. The zero-order valence-electron chi connectivity index (χ0n) is 13.0. The maximum atomic E-state index is 11.3. The highest BCUT2D eigenvalue weighted by Crippen LogP contribution is 2.72. The van der Waals surface area contributed by atoms with Gasteiger partial charge in [-0.1, -0.05) is 27.7 Å². The number of hydrogen-bond donors (Lipinski definition) is 0. The fourth-order valence-corrected chi connectivity index (χ4v) is 5.45. The van der Waals surface area contributed by atoms with Gasteiger partial charge in [-0.15, -0.1) is 0 Å². The second-order valence-corrected chi connectivity index (χ2v) is 8.28. The standard InChI is InChI=1S/C17H28O2/c1-10-12-8-13-14(16(13,3)4)9-17(12,5)7-6-15(10)19-11(2)18/h10,12-15H,6-9H2,1-5H3/t10-,12+,13-,14+,15-,17+/m1/s1. The smallest absolute Gasteiger partial charge is 0.302 e. The Balaban J connectivity index is 1.78. The third-order valence-electron chi connectivity index (χ3n) is 6.92. The quantitative estimate of drug-likeness (QED) is 0.668. The molecule has 0 N–H and O–H groups in total. The van der Waals surface area contributed by atoms with Crippen molar-refractivity contribution in [3.63, 3.8) is 0 Å². The maximum absolute atomic E-state index is 11.3. The van der Waals surface area contributed by atoms with Gasteiger partial charge in [-0.2, -0.15) is 0 Å². The van der Waals surface area contributed by atoms with Gasteiger partial charge in [-0.25, -0.2) is 0 Å². The van der Waals surface area contributed by atoms with Crippen LogP contribution in [0.3, 0.4) is 0 Å². The minimum Gasteiger partial charge on any atom is -0.462 e. The molecule has 3 aliphatic rings. The van der Waals surface area contributed by atoms with Gasteiger partial charge in [-0.05, 0) is 60.2 Å². The van der Waals surface area contributed by atoms with E-state index in [0.29, 0.717) is 16.7 Å². The summed E-state index contributed by atoms with van der Waals surface area (Å²) in [4.78, 5) is 11.3. The molecule has 0 radical (unpaired) electrons. The molecule has 0 aliphatic heterocycles. The molecule has 0 aromatic carbocycles. The van der Waals surface area contributed by atoms with Crippen molar-refractivity contribution in [2.75, 3.05) is 0 Å². The summed E-state index contributed by atoms with van der Waals surface area (Å²) in [6.45, 7) is 11.2. The van der Waals surface area contributed by atoms with Crippen molar-refractivity contribution in [2.45, 2.75) is 66.4 Å². The molecular weight excluding hydrogens is 236 g/mol. The number of rotatable bonds is 1. The summed E-state index contributed by atoms with van der Waals surface area (Å²) in [6, 6.07) is 0. The average molecular weight is 264 g/mol. The second-order valence-electron chi connectivity index (χ2n) is 8.28. The van der Waals surface area contributed by atoms with Gasteiger partial charge in [0.15, 0.2) is 0 Å². The fraction of sp³-hybridized carbons (Fsp3) is 0.941. The highest BCUT2D eigenvalue weighted by atomic mass is 16.5. The van der Waals surface area contributed by atoms with Crippen LogP contribution in [0.25, 0.3) is 0 Å². The van der Waals surface area contributed by atoms with E-state index in [2.05, 4.69) is 27.7 Å². The van der Waals surface area contributed by atoms with Crippen LogP contribution in [-0.2, 0) is 9.53 Å². The van der Waals surface area contributed by atoms with E-state index in [9.17, 15) is 4.79 Å². The monoisotopic (exact) mass is 264 g/mol. The van der Waals surface area contributed by atoms with E-state index in [-0.39, 0.29) is 12.1 Å². The van der Waals surface area contributed by atoms with Gasteiger partial charge in [-0.3, -0.25) is 4.79 Å². The summed E-state index contributed by atoms with van der Waals surface area (Å²) in [5.74, 6) is 3.03. The van der Waals surface area contributed by atoms with E-state index in [4.69, 9.17) is 4.74 Å². The number of hydrogen-bond acceptors (Lipinski definition) is 2. The van der Waals surface area contributed by atoms with Crippen LogP contribution in [0, 0.1) is 34.5 Å². The SMILES string of the molecule is CC(=O)O[C@@H]1CC[C@@]2(C)C[C@H]3[C@@H](C[C@H]2[C@H]1C)C3(C)C. The van der Waals surface area contributed by atoms with Crippen molar-refractivity contribution in [1.29, 1.82) is 0 Å². The first-order valence-electron chi connectivity index (χ1n) is 7.93. The van der Waals surface area contributed by atoms with E-state index in [1.165, 1.54) is 19.3 Å². The maximum Gasteiger partial charge on any atom is 0.302 e. The van der Waals surface area contributed by atoms with E-state index in [1.54, 1.807) is 6.92 Å². The molecule has 108 valence electrons. The molecule has 0 saturated heterocycles. The van der Waals surface area contributed by atoms with Crippen LogP contribution in [0.2, 0.25) is 0 Å². The van der Waals surface area contributed by atoms with Crippen LogP contribution in [0.5, 0.6) is 0 Å². The zero-order valence-corrected chi connectivity index (χ0v) is 13.0. The Bertz CT molecular complexity index is 400. The molecule has 6 atom stereocenters. The van der Waals surface area contributed by atoms with Crippen LogP contribution in [0.4, 0.5) is 0 Å². The molecule has 0 heterocycles. The van der Waals surface area contributed by atoms with Crippen LogP contribution < -0.4 is 0 Å². The lowest BCUT2D eigenvalue weighted by molar-refractivity contribution is -0.157. The Kier molecular flexibility index (Phi) is 2.82. The largest absolute Gasteiger partial charge is 0.462 e. The summed E-state index contributed by atoms with van der Waals surface area (Å²) in [7, 11) is 0. The van der Waals surface area contributed by atoms with Crippen molar-refractivity contribution < 1.29 is 9.53 Å². The number of fused-ring (bicyclic) bond motifs is 2. The van der Waals surface area contributed by atoms with Crippen molar-refractivity contribution in [2.24, 2.45) is 34.5 Å². The molecule has 3 saturated carbocycles. The first kappa shape index (κ1) is 13.5. The van der Waals surface area contributed by atoms with Crippen LogP contribution in [0.15, 0.2) is 0 Å². The van der Waals surface area contributed by atoms with Gasteiger partial charge >= 0.3 is 5.97 Å². The van der Waals surface area contributed by atoms with Crippen molar-refractivity contribution in [3.05, 3.63) is 0 Å².